The van der Waals surface area contributed by atoms with Crippen molar-refractivity contribution >= 4 is 20.8 Å². The van der Waals surface area contributed by atoms with E-state index in [2.05, 4.69) is 4.72 Å². The summed E-state index contributed by atoms with van der Waals surface area (Å²) in [4.78, 5) is 0. The molecule has 0 aromatic heterocycles. The second kappa shape index (κ2) is 4.47. The first-order valence-corrected chi connectivity index (χ1v) is 7.31. The van der Waals surface area contributed by atoms with Gasteiger partial charge in [0.25, 0.3) is 0 Å². The van der Waals surface area contributed by atoms with Gasteiger partial charge in [0.05, 0.1) is 6.26 Å². The molecule has 0 heterocycles. The Hall–Kier alpha value is -1.39. The Balaban J connectivity index is 2.48. The molecule has 2 aromatic carbocycles. The predicted octanol–water partition coefficient (Wildman–Crippen LogP) is 2.45. The van der Waals surface area contributed by atoms with Crippen molar-refractivity contribution in [3.63, 3.8) is 0 Å². The van der Waals surface area contributed by atoms with Crippen LogP contribution in [0.2, 0.25) is 0 Å². The summed E-state index contributed by atoms with van der Waals surface area (Å²) in [5.74, 6) is 0. The van der Waals surface area contributed by atoms with Crippen LogP contribution in [0.1, 0.15) is 18.5 Å². The van der Waals surface area contributed by atoms with Gasteiger partial charge in [-0.15, -0.1) is 0 Å². The van der Waals surface area contributed by atoms with Gasteiger partial charge < -0.3 is 0 Å². The van der Waals surface area contributed by atoms with E-state index >= 15 is 0 Å². The molecule has 0 aliphatic rings. The van der Waals surface area contributed by atoms with Crippen LogP contribution in [0.3, 0.4) is 0 Å². The van der Waals surface area contributed by atoms with Gasteiger partial charge in [-0.25, -0.2) is 13.1 Å². The first kappa shape index (κ1) is 12.1. The highest BCUT2D eigenvalue weighted by atomic mass is 32.2. The molecule has 3 nitrogen and oxygen atoms in total. The van der Waals surface area contributed by atoms with Gasteiger partial charge in [0, 0.05) is 6.04 Å². The van der Waals surface area contributed by atoms with Crippen LogP contribution in [0.5, 0.6) is 0 Å². The van der Waals surface area contributed by atoms with Crippen molar-refractivity contribution in [2.45, 2.75) is 13.0 Å². The fraction of sp³-hybridized carbons (Fsp3) is 0.231. The summed E-state index contributed by atoms with van der Waals surface area (Å²) in [5, 5.41) is 2.20. The summed E-state index contributed by atoms with van der Waals surface area (Å²) in [7, 11) is -3.19. The van der Waals surface area contributed by atoms with Crippen LogP contribution >= 0.6 is 0 Å². The van der Waals surface area contributed by atoms with Gasteiger partial charge in [0.15, 0.2) is 0 Å². The zero-order valence-electron chi connectivity index (χ0n) is 9.84. The highest BCUT2D eigenvalue weighted by molar-refractivity contribution is 7.88. The molecule has 0 fully saturated rings. The first-order valence-electron chi connectivity index (χ1n) is 5.42. The van der Waals surface area contributed by atoms with Gasteiger partial charge in [-0.05, 0) is 23.3 Å². The molecule has 0 spiro atoms. The average Bonchev–Trinajstić information content (AvgIpc) is 2.26. The first-order chi connectivity index (χ1) is 7.97. The number of sulfonamides is 1. The van der Waals surface area contributed by atoms with Crippen molar-refractivity contribution in [1.29, 1.82) is 0 Å². The Kier molecular flexibility index (Phi) is 3.17. The fourth-order valence-corrected chi connectivity index (χ4v) is 2.78. The van der Waals surface area contributed by atoms with Crippen LogP contribution in [0.15, 0.2) is 42.5 Å². The molecule has 90 valence electrons. The van der Waals surface area contributed by atoms with Crippen LogP contribution < -0.4 is 4.72 Å². The lowest BCUT2D eigenvalue weighted by molar-refractivity contribution is 0.574. The molecule has 0 saturated carbocycles. The van der Waals surface area contributed by atoms with Crippen LogP contribution in [0, 0.1) is 0 Å². The largest absolute Gasteiger partial charge is 0.213 e. The minimum absolute atomic E-state index is 0.226. The normalized spacial score (nSPS) is 13.8. The van der Waals surface area contributed by atoms with Gasteiger partial charge >= 0.3 is 0 Å². The van der Waals surface area contributed by atoms with Crippen LogP contribution in [0.4, 0.5) is 0 Å². The van der Waals surface area contributed by atoms with E-state index in [9.17, 15) is 8.42 Å². The summed E-state index contributed by atoms with van der Waals surface area (Å²) in [6, 6.07) is 13.6. The SMILES string of the molecule is CC(NS(C)(=O)=O)c1cccc2ccccc12. The lowest BCUT2D eigenvalue weighted by Gasteiger charge is -2.15. The number of benzene rings is 2. The Morgan fingerprint density at radius 2 is 1.71 bits per heavy atom. The van der Waals surface area contributed by atoms with Gasteiger partial charge in [-0.2, -0.15) is 0 Å². The highest BCUT2D eigenvalue weighted by Crippen LogP contribution is 2.24. The number of hydrogen-bond donors (Lipinski definition) is 1. The average molecular weight is 249 g/mol. The smallest absolute Gasteiger partial charge is 0.209 e. The van der Waals surface area contributed by atoms with Crippen LogP contribution in [0.25, 0.3) is 10.8 Å². The van der Waals surface area contributed by atoms with E-state index in [1.807, 2.05) is 49.4 Å². The van der Waals surface area contributed by atoms with Crippen LogP contribution in [-0.4, -0.2) is 14.7 Å². The molecule has 1 N–H and O–H groups in total. The standard InChI is InChI=1S/C13H15NO2S/c1-10(14-17(2,15)16)12-9-5-7-11-6-3-4-8-13(11)12/h3-10,14H,1-2H3. The molecule has 0 bridgehead atoms. The lowest BCUT2D eigenvalue weighted by Crippen LogP contribution is -2.25. The van der Waals surface area contributed by atoms with Gasteiger partial charge in [-0.1, -0.05) is 42.5 Å². The topological polar surface area (TPSA) is 46.2 Å². The third kappa shape index (κ3) is 2.84. The van der Waals surface area contributed by atoms with Crippen molar-refractivity contribution in [1.82, 2.24) is 4.72 Å². The second-order valence-corrected chi connectivity index (χ2v) is 5.96. The molecule has 1 unspecified atom stereocenters. The molecule has 2 aromatic rings. The summed E-state index contributed by atoms with van der Waals surface area (Å²) < 4.78 is 25.1. The number of rotatable bonds is 3. The molecule has 4 heteroatoms. The Morgan fingerprint density at radius 1 is 1.06 bits per heavy atom. The molecule has 0 aliphatic heterocycles. The molecule has 1 atom stereocenters. The number of hydrogen-bond acceptors (Lipinski definition) is 2. The highest BCUT2D eigenvalue weighted by Gasteiger charge is 2.12. The summed E-state index contributed by atoms with van der Waals surface area (Å²) in [5.41, 5.74) is 0.994. The Bertz CT molecular complexity index is 629. The Morgan fingerprint density at radius 3 is 2.41 bits per heavy atom. The molecule has 0 radical (unpaired) electrons. The maximum Gasteiger partial charge on any atom is 0.209 e. The third-order valence-corrected chi connectivity index (χ3v) is 3.46. The maximum absolute atomic E-state index is 11.2. The van der Waals surface area contributed by atoms with Gasteiger partial charge in [0.1, 0.15) is 0 Å². The monoisotopic (exact) mass is 249 g/mol. The lowest BCUT2D eigenvalue weighted by atomic mass is 10.0. The summed E-state index contributed by atoms with van der Waals surface area (Å²) >= 11 is 0. The van der Waals surface area contributed by atoms with E-state index in [1.54, 1.807) is 0 Å². The van der Waals surface area contributed by atoms with Crippen molar-refractivity contribution in [2.75, 3.05) is 6.26 Å². The second-order valence-electron chi connectivity index (χ2n) is 4.18. The van der Waals surface area contributed by atoms with Crippen LogP contribution in [-0.2, 0) is 10.0 Å². The zero-order chi connectivity index (χ0) is 12.5. The maximum atomic E-state index is 11.2. The van der Waals surface area contributed by atoms with Crippen molar-refractivity contribution in [3.8, 4) is 0 Å². The van der Waals surface area contributed by atoms with Gasteiger partial charge in [0.2, 0.25) is 10.0 Å². The van der Waals surface area contributed by atoms with E-state index in [0.29, 0.717) is 0 Å². The minimum atomic E-state index is -3.19. The minimum Gasteiger partial charge on any atom is -0.213 e. The fourth-order valence-electron chi connectivity index (χ4n) is 2.01. The molecule has 2 rings (SSSR count). The summed E-state index contributed by atoms with van der Waals surface area (Å²) in [6.45, 7) is 1.85. The van der Waals surface area contributed by atoms with Crippen molar-refractivity contribution < 1.29 is 8.42 Å². The molecule has 0 aliphatic carbocycles. The molecule has 0 amide bonds. The number of nitrogens with one attached hydrogen (secondary N) is 1. The molecule has 0 saturated heterocycles. The summed E-state index contributed by atoms with van der Waals surface area (Å²) in [6.07, 6.45) is 1.18. The van der Waals surface area contributed by atoms with E-state index in [4.69, 9.17) is 0 Å². The van der Waals surface area contributed by atoms with E-state index in [-0.39, 0.29) is 6.04 Å². The molecular weight excluding hydrogens is 234 g/mol. The third-order valence-electron chi connectivity index (χ3n) is 2.68. The quantitative estimate of drug-likeness (QED) is 0.908. The molecular formula is C13H15NO2S. The number of fused-ring (bicyclic) bond motifs is 1. The van der Waals surface area contributed by atoms with Crippen molar-refractivity contribution in [3.05, 3.63) is 48.0 Å². The van der Waals surface area contributed by atoms with E-state index in [0.717, 1.165) is 16.3 Å². The Labute approximate surface area is 102 Å². The van der Waals surface area contributed by atoms with Gasteiger partial charge in [-0.3, -0.25) is 0 Å². The van der Waals surface area contributed by atoms with E-state index in [1.165, 1.54) is 6.26 Å². The van der Waals surface area contributed by atoms with Crippen molar-refractivity contribution in [2.24, 2.45) is 0 Å². The predicted molar refractivity (Wildman–Crippen MR) is 70.3 cm³/mol. The van der Waals surface area contributed by atoms with E-state index < -0.39 is 10.0 Å². The molecule has 17 heavy (non-hydrogen) atoms. The zero-order valence-corrected chi connectivity index (χ0v) is 10.7.